The molecule has 0 bridgehead atoms. The van der Waals surface area contributed by atoms with Crippen molar-refractivity contribution in [2.24, 2.45) is 4.99 Å². The van der Waals surface area contributed by atoms with E-state index in [0.29, 0.717) is 17.4 Å². The van der Waals surface area contributed by atoms with Gasteiger partial charge in [-0.05, 0) is 40.6 Å². The maximum atomic E-state index is 12.3. The summed E-state index contributed by atoms with van der Waals surface area (Å²) in [6.45, 7) is 0.209. The smallest absolute Gasteiger partial charge is 0.363 e. The van der Waals surface area contributed by atoms with Crippen molar-refractivity contribution < 1.29 is 19.0 Å². The minimum absolute atomic E-state index is 0.209. The van der Waals surface area contributed by atoms with E-state index >= 15 is 0 Å². The van der Waals surface area contributed by atoms with E-state index < -0.39 is 5.97 Å². The lowest BCUT2D eigenvalue weighted by Crippen LogP contribution is -2.05. The zero-order valence-electron chi connectivity index (χ0n) is 13.6. The van der Waals surface area contributed by atoms with Gasteiger partial charge in [-0.15, -0.1) is 0 Å². The van der Waals surface area contributed by atoms with E-state index in [9.17, 15) is 4.79 Å². The third-order valence-corrected chi connectivity index (χ3v) is 4.34. The molecular weight excluding hydrogens is 330 g/mol. The molecule has 0 amide bonds. The van der Waals surface area contributed by atoms with Crippen LogP contribution in [0.4, 0.5) is 0 Å². The van der Waals surface area contributed by atoms with Crippen LogP contribution in [0.5, 0.6) is 11.5 Å². The lowest BCUT2D eigenvalue weighted by Gasteiger charge is -2.04. The molecule has 0 aliphatic carbocycles. The van der Waals surface area contributed by atoms with Crippen molar-refractivity contribution in [3.8, 4) is 11.5 Å². The monoisotopic (exact) mass is 343 g/mol. The van der Waals surface area contributed by atoms with Gasteiger partial charge in [-0.3, -0.25) is 0 Å². The van der Waals surface area contributed by atoms with Gasteiger partial charge in [0.05, 0.1) is 0 Å². The SMILES string of the molecule is O=C1OC(c2cccc3ccccc23)=NC1=Cc1ccc2c(c1)OCO2. The second-order valence-corrected chi connectivity index (χ2v) is 5.98. The average molecular weight is 343 g/mol. The summed E-state index contributed by atoms with van der Waals surface area (Å²) in [6, 6.07) is 19.2. The Morgan fingerprint density at radius 3 is 2.73 bits per heavy atom. The number of aliphatic imine (C=N–C) groups is 1. The molecule has 5 rings (SSSR count). The standard InChI is InChI=1S/C21H13NO4/c23-21-17(10-13-8-9-18-19(11-13)25-12-24-18)22-20(26-21)16-7-3-5-14-4-1-2-6-15(14)16/h1-11H,12H2. The van der Waals surface area contributed by atoms with Gasteiger partial charge in [0.2, 0.25) is 12.7 Å². The number of benzene rings is 3. The molecule has 0 saturated carbocycles. The molecule has 0 unspecified atom stereocenters. The van der Waals surface area contributed by atoms with Crippen LogP contribution in [0.3, 0.4) is 0 Å². The van der Waals surface area contributed by atoms with Gasteiger partial charge < -0.3 is 14.2 Å². The highest BCUT2D eigenvalue weighted by atomic mass is 16.7. The molecule has 5 nitrogen and oxygen atoms in total. The van der Waals surface area contributed by atoms with Crippen LogP contribution in [-0.4, -0.2) is 18.7 Å². The minimum atomic E-state index is -0.467. The quantitative estimate of drug-likeness (QED) is 0.523. The van der Waals surface area contributed by atoms with Gasteiger partial charge in [0.1, 0.15) is 0 Å². The number of esters is 1. The zero-order chi connectivity index (χ0) is 17.5. The van der Waals surface area contributed by atoms with Crippen LogP contribution >= 0.6 is 0 Å². The van der Waals surface area contributed by atoms with Crippen LogP contribution in [0.25, 0.3) is 16.8 Å². The number of fused-ring (bicyclic) bond motifs is 2. The molecule has 2 aliphatic rings. The number of carbonyl (C=O) groups excluding carboxylic acids is 1. The van der Waals surface area contributed by atoms with E-state index in [1.807, 2.05) is 60.7 Å². The van der Waals surface area contributed by atoms with Crippen molar-refractivity contribution in [2.75, 3.05) is 6.79 Å². The number of ether oxygens (including phenoxy) is 3. The van der Waals surface area contributed by atoms with Gasteiger partial charge in [-0.25, -0.2) is 9.79 Å². The molecule has 0 spiro atoms. The Labute approximate surface area is 149 Å². The second kappa shape index (κ2) is 5.74. The van der Waals surface area contributed by atoms with Gasteiger partial charge in [-0.2, -0.15) is 0 Å². The predicted octanol–water partition coefficient (Wildman–Crippen LogP) is 3.91. The fourth-order valence-corrected chi connectivity index (χ4v) is 3.10. The van der Waals surface area contributed by atoms with Crippen molar-refractivity contribution in [3.63, 3.8) is 0 Å². The van der Waals surface area contributed by atoms with E-state index in [1.165, 1.54) is 0 Å². The van der Waals surface area contributed by atoms with E-state index in [-0.39, 0.29) is 12.5 Å². The molecular formula is C21H13NO4. The van der Waals surface area contributed by atoms with Crippen molar-refractivity contribution in [3.05, 3.63) is 77.5 Å². The number of hydrogen-bond acceptors (Lipinski definition) is 5. The molecule has 2 heterocycles. The molecule has 0 atom stereocenters. The summed E-state index contributed by atoms with van der Waals surface area (Å²) in [5, 5.41) is 2.06. The van der Waals surface area contributed by atoms with Crippen molar-refractivity contribution >= 4 is 28.7 Å². The Bertz CT molecular complexity index is 1110. The molecule has 0 fully saturated rings. The number of rotatable bonds is 2. The van der Waals surface area contributed by atoms with Gasteiger partial charge >= 0.3 is 5.97 Å². The summed E-state index contributed by atoms with van der Waals surface area (Å²) < 4.78 is 16.1. The number of nitrogens with zero attached hydrogens (tertiary/aromatic N) is 1. The molecule has 3 aromatic carbocycles. The van der Waals surface area contributed by atoms with Gasteiger partial charge in [0, 0.05) is 5.56 Å². The Kier molecular flexibility index (Phi) is 3.25. The molecule has 0 saturated heterocycles. The summed E-state index contributed by atoms with van der Waals surface area (Å²) in [5.41, 5.74) is 1.85. The number of cyclic esters (lactones) is 1. The highest BCUT2D eigenvalue weighted by molar-refractivity contribution is 6.17. The van der Waals surface area contributed by atoms with E-state index in [2.05, 4.69) is 4.99 Å². The fraction of sp³-hybridized carbons (Fsp3) is 0.0476. The van der Waals surface area contributed by atoms with Crippen LogP contribution in [0, 0.1) is 0 Å². The summed E-state index contributed by atoms with van der Waals surface area (Å²) in [7, 11) is 0. The largest absolute Gasteiger partial charge is 0.454 e. The maximum Gasteiger partial charge on any atom is 0.363 e. The first-order valence-corrected chi connectivity index (χ1v) is 8.18. The summed E-state index contributed by atoms with van der Waals surface area (Å²) >= 11 is 0. The lowest BCUT2D eigenvalue weighted by molar-refractivity contribution is -0.129. The minimum Gasteiger partial charge on any atom is -0.454 e. The summed E-state index contributed by atoms with van der Waals surface area (Å²) in [6.07, 6.45) is 1.68. The third-order valence-electron chi connectivity index (χ3n) is 4.34. The highest BCUT2D eigenvalue weighted by Gasteiger charge is 2.25. The molecule has 5 heteroatoms. The molecule has 0 radical (unpaired) electrons. The maximum absolute atomic E-state index is 12.3. The molecule has 2 aliphatic heterocycles. The van der Waals surface area contributed by atoms with Crippen molar-refractivity contribution in [1.82, 2.24) is 0 Å². The normalized spacial score (nSPS) is 16.8. The number of hydrogen-bond donors (Lipinski definition) is 0. The second-order valence-electron chi connectivity index (χ2n) is 5.98. The van der Waals surface area contributed by atoms with Crippen LogP contribution in [0.1, 0.15) is 11.1 Å². The summed E-state index contributed by atoms with van der Waals surface area (Å²) in [4.78, 5) is 16.7. The van der Waals surface area contributed by atoms with Crippen LogP contribution < -0.4 is 9.47 Å². The molecule has 0 N–H and O–H groups in total. The lowest BCUT2D eigenvalue weighted by atomic mass is 10.0. The zero-order valence-corrected chi connectivity index (χ0v) is 13.6. The predicted molar refractivity (Wildman–Crippen MR) is 97.1 cm³/mol. The average Bonchev–Trinajstić information content (AvgIpc) is 3.28. The summed E-state index contributed by atoms with van der Waals surface area (Å²) in [5.74, 6) is 1.20. The van der Waals surface area contributed by atoms with Gasteiger partial charge in [-0.1, -0.05) is 42.5 Å². The Hall–Kier alpha value is -3.60. The first-order valence-electron chi connectivity index (χ1n) is 8.18. The first kappa shape index (κ1) is 14.7. The molecule has 126 valence electrons. The molecule has 0 aromatic heterocycles. The van der Waals surface area contributed by atoms with Gasteiger partial charge in [0.25, 0.3) is 0 Å². The van der Waals surface area contributed by atoms with Crippen molar-refractivity contribution in [2.45, 2.75) is 0 Å². The molecule has 26 heavy (non-hydrogen) atoms. The highest BCUT2D eigenvalue weighted by Crippen LogP contribution is 2.33. The van der Waals surface area contributed by atoms with Gasteiger partial charge in [0.15, 0.2) is 17.2 Å². The van der Waals surface area contributed by atoms with E-state index in [0.717, 1.165) is 21.9 Å². The first-order chi connectivity index (χ1) is 12.8. The Balaban J connectivity index is 1.55. The Morgan fingerprint density at radius 1 is 0.923 bits per heavy atom. The van der Waals surface area contributed by atoms with E-state index in [1.54, 1.807) is 6.08 Å². The van der Waals surface area contributed by atoms with Crippen molar-refractivity contribution in [1.29, 1.82) is 0 Å². The Morgan fingerprint density at radius 2 is 1.77 bits per heavy atom. The third kappa shape index (κ3) is 2.41. The number of carbonyl (C=O) groups is 1. The van der Waals surface area contributed by atoms with Crippen LogP contribution in [-0.2, 0) is 9.53 Å². The fourth-order valence-electron chi connectivity index (χ4n) is 3.10. The topological polar surface area (TPSA) is 57.1 Å². The molecule has 3 aromatic rings. The van der Waals surface area contributed by atoms with Crippen LogP contribution in [0.15, 0.2) is 71.4 Å². The van der Waals surface area contributed by atoms with Crippen LogP contribution in [0.2, 0.25) is 0 Å². The van der Waals surface area contributed by atoms with E-state index in [4.69, 9.17) is 14.2 Å².